The zero-order chi connectivity index (χ0) is 15.5. The monoisotopic (exact) mass is 299 g/mol. The Hall–Kier alpha value is -2.24. The first kappa shape index (κ1) is 14.7. The van der Waals surface area contributed by atoms with Crippen LogP contribution in [0.5, 0.6) is 0 Å². The molecule has 0 spiro atoms. The van der Waals surface area contributed by atoms with Crippen molar-refractivity contribution in [1.82, 2.24) is 24.6 Å². The zero-order valence-corrected chi connectivity index (χ0v) is 13.1. The number of aryl methyl sites for hydroxylation is 1. The van der Waals surface area contributed by atoms with E-state index in [-0.39, 0.29) is 11.8 Å². The molecule has 0 aliphatic carbocycles. The SMILES string of the molecule is CCn1nccc1-c1cncc([C@H]2CCCN(C(C)=O)C2)n1. The largest absolute Gasteiger partial charge is 0.342 e. The minimum Gasteiger partial charge on any atom is -0.342 e. The molecule has 116 valence electrons. The van der Waals surface area contributed by atoms with Gasteiger partial charge in [-0.1, -0.05) is 0 Å². The van der Waals surface area contributed by atoms with Crippen LogP contribution in [0.1, 0.15) is 38.3 Å². The lowest BCUT2D eigenvalue weighted by atomic mass is 9.95. The lowest BCUT2D eigenvalue weighted by Gasteiger charge is -2.31. The van der Waals surface area contributed by atoms with Crippen molar-refractivity contribution in [3.8, 4) is 11.4 Å². The van der Waals surface area contributed by atoms with Gasteiger partial charge >= 0.3 is 0 Å². The molecule has 1 aliphatic rings. The standard InChI is InChI=1S/C16H21N5O/c1-3-21-16(6-7-18-21)15-10-17-9-14(19-15)13-5-4-8-20(11-13)12(2)22/h6-7,9-10,13H,3-5,8,11H2,1-2H3/t13-/m0/s1. The first-order chi connectivity index (χ1) is 10.7. The Kier molecular flexibility index (Phi) is 4.18. The van der Waals surface area contributed by atoms with Gasteiger partial charge in [-0.3, -0.25) is 14.5 Å². The summed E-state index contributed by atoms with van der Waals surface area (Å²) in [6.07, 6.45) is 7.45. The van der Waals surface area contributed by atoms with E-state index in [4.69, 9.17) is 4.98 Å². The summed E-state index contributed by atoms with van der Waals surface area (Å²) < 4.78 is 1.91. The first-order valence-corrected chi connectivity index (χ1v) is 7.78. The van der Waals surface area contributed by atoms with E-state index in [2.05, 4.69) is 17.0 Å². The van der Waals surface area contributed by atoms with Gasteiger partial charge in [0.1, 0.15) is 5.69 Å². The molecular formula is C16H21N5O. The van der Waals surface area contributed by atoms with Crippen molar-refractivity contribution in [2.75, 3.05) is 13.1 Å². The van der Waals surface area contributed by atoms with Crippen LogP contribution >= 0.6 is 0 Å². The molecule has 0 N–H and O–H groups in total. The Morgan fingerprint density at radius 3 is 3.05 bits per heavy atom. The van der Waals surface area contributed by atoms with E-state index >= 15 is 0 Å². The van der Waals surface area contributed by atoms with Crippen molar-refractivity contribution in [2.24, 2.45) is 0 Å². The number of piperidine rings is 1. The summed E-state index contributed by atoms with van der Waals surface area (Å²) in [4.78, 5) is 22.6. The topological polar surface area (TPSA) is 63.9 Å². The van der Waals surface area contributed by atoms with Gasteiger partial charge in [-0.05, 0) is 25.8 Å². The lowest BCUT2D eigenvalue weighted by Crippen LogP contribution is -2.37. The van der Waals surface area contributed by atoms with E-state index in [0.717, 1.165) is 49.6 Å². The van der Waals surface area contributed by atoms with Crippen molar-refractivity contribution in [3.63, 3.8) is 0 Å². The van der Waals surface area contributed by atoms with Crippen molar-refractivity contribution < 1.29 is 4.79 Å². The minimum atomic E-state index is 0.137. The number of nitrogens with zero attached hydrogens (tertiary/aromatic N) is 5. The van der Waals surface area contributed by atoms with Gasteiger partial charge in [0.05, 0.1) is 17.6 Å². The molecular weight excluding hydrogens is 278 g/mol. The van der Waals surface area contributed by atoms with E-state index in [9.17, 15) is 4.79 Å². The van der Waals surface area contributed by atoms with Gasteiger partial charge in [-0.25, -0.2) is 4.98 Å². The van der Waals surface area contributed by atoms with Gasteiger partial charge < -0.3 is 4.90 Å². The average Bonchev–Trinajstić information content (AvgIpc) is 3.04. The normalized spacial score (nSPS) is 18.5. The molecule has 2 aromatic heterocycles. The average molecular weight is 299 g/mol. The van der Waals surface area contributed by atoms with Crippen LogP contribution < -0.4 is 0 Å². The second kappa shape index (κ2) is 6.25. The second-order valence-electron chi connectivity index (χ2n) is 5.67. The molecule has 6 heteroatoms. The first-order valence-electron chi connectivity index (χ1n) is 7.78. The van der Waals surface area contributed by atoms with Crippen LogP contribution in [0.25, 0.3) is 11.4 Å². The second-order valence-corrected chi connectivity index (χ2v) is 5.67. The zero-order valence-electron chi connectivity index (χ0n) is 13.1. The number of hydrogen-bond donors (Lipinski definition) is 0. The molecule has 1 aliphatic heterocycles. The van der Waals surface area contributed by atoms with Crippen LogP contribution in [0, 0.1) is 0 Å². The fraction of sp³-hybridized carbons (Fsp3) is 0.500. The summed E-state index contributed by atoms with van der Waals surface area (Å²) in [6.45, 7) is 6.07. The molecule has 0 aromatic carbocycles. The van der Waals surface area contributed by atoms with Crippen LogP contribution in [-0.2, 0) is 11.3 Å². The van der Waals surface area contributed by atoms with Gasteiger partial charge in [-0.2, -0.15) is 5.10 Å². The molecule has 1 saturated heterocycles. The van der Waals surface area contributed by atoms with Crippen molar-refractivity contribution in [2.45, 2.75) is 39.2 Å². The van der Waals surface area contributed by atoms with E-state index in [1.807, 2.05) is 21.8 Å². The van der Waals surface area contributed by atoms with Crippen LogP contribution in [0.15, 0.2) is 24.7 Å². The van der Waals surface area contributed by atoms with Crippen LogP contribution in [0.2, 0.25) is 0 Å². The fourth-order valence-electron chi connectivity index (χ4n) is 3.01. The number of carbonyl (C=O) groups excluding carboxylic acids is 1. The van der Waals surface area contributed by atoms with Crippen molar-refractivity contribution in [3.05, 3.63) is 30.4 Å². The maximum Gasteiger partial charge on any atom is 0.219 e. The van der Waals surface area contributed by atoms with Crippen molar-refractivity contribution >= 4 is 5.91 Å². The molecule has 0 bridgehead atoms. The third-order valence-electron chi connectivity index (χ3n) is 4.22. The fourth-order valence-corrected chi connectivity index (χ4v) is 3.01. The van der Waals surface area contributed by atoms with Crippen LogP contribution in [-0.4, -0.2) is 43.6 Å². The third-order valence-corrected chi connectivity index (χ3v) is 4.22. The smallest absolute Gasteiger partial charge is 0.219 e. The molecule has 2 aromatic rings. The maximum atomic E-state index is 11.6. The molecule has 0 radical (unpaired) electrons. The Morgan fingerprint density at radius 1 is 1.41 bits per heavy atom. The molecule has 0 unspecified atom stereocenters. The molecule has 1 amide bonds. The number of amides is 1. The summed E-state index contributed by atoms with van der Waals surface area (Å²) in [5, 5.41) is 4.28. The third kappa shape index (κ3) is 2.86. The quantitative estimate of drug-likeness (QED) is 0.870. The summed E-state index contributed by atoms with van der Waals surface area (Å²) in [5.41, 5.74) is 2.79. The molecule has 1 atom stereocenters. The molecule has 1 fully saturated rings. The molecule has 22 heavy (non-hydrogen) atoms. The minimum absolute atomic E-state index is 0.137. The van der Waals surface area contributed by atoms with E-state index < -0.39 is 0 Å². The maximum absolute atomic E-state index is 11.6. The number of hydrogen-bond acceptors (Lipinski definition) is 4. The number of likely N-dealkylation sites (tertiary alicyclic amines) is 1. The molecule has 6 nitrogen and oxygen atoms in total. The van der Waals surface area contributed by atoms with E-state index in [0.29, 0.717) is 0 Å². The predicted molar refractivity (Wildman–Crippen MR) is 83.2 cm³/mol. The number of aromatic nitrogens is 4. The highest BCUT2D eigenvalue weighted by Crippen LogP contribution is 2.27. The van der Waals surface area contributed by atoms with Crippen LogP contribution in [0.4, 0.5) is 0 Å². The van der Waals surface area contributed by atoms with Gasteiger partial charge in [-0.15, -0.1) is 0 Å². The molecule has 3 rings (SSSR count). The summed E-state index contributed by atoms with van der Waals surface area (Å²) in [6, 6.07) is 1.96. The Labute approximate surface area is 130 Å². The summed E-state index contributed by atoms with van der Waals surface area (Å²) in [5.74, 6) is 0.404. The van der Waals surface area contributed by atoms with Gasteiger partial charge in [0.25, 0.3) is 0 Å². The van der Waals surface area contributed by atoms with E-state index in [1.165, 1.54) is 0 Å². The Morgan fingerprint density at radius 2 is 2.27 bits per heavy atom. The number of carbonyl (C=O) groups is 1. The summed E-state index contributed by atoms with van der Waals surface area (Å²) in [7, 11) is 0. The van der Waals surface area contributed by atoms with Gasteiger partial charge in [0, 0.05) is 44.9 Å². The highest BCUT2D eigenvalue weighted by molar-refractivity contribution is 5.73. The highest BCUT2D eigenvalue weighted by atomic mass is 16.2. The molecule has 3 heterocycles. The lowest BCUT2D eigenvalue weighted by molar-refractivity contribution is -0.130. The van der Waals surface area contributed by atoms with Gasteiger partial charge in [0.15, 0.2) is 0 Å². The summed E-state index contributed by atoms with van der Waals surface area (Å²) >= 11 is 0. The van der Waals surface area contributed by atoms with Crippen molar-refractivity contribution in [1.29, 1.82) is 0 Å². The highest BCUT2D eigenvalue weighted by Gasteiger charge is 2.24. The molecule has 0 saturated carbocycles. The van der Waals surface area contributed by atoms with Gasteiger partial charge in [0.2, 0.25) is 5.91 Å². The van der Waals surface area contributed by atoms with E-state index in [1.54, 1.807) is 19.3 Å². The Bertz CT molecular complexity index is 666. The number of rotatable bonds is 3. The van der Waals surface area contributed by atoms with Crippen LogP contribution in [0.3, 0.4) is 0 Å². The Balaban J connectivity index is 1.86. The predicted octanol–water partition coefficient (Wildman–Crippen LogP) is 2.09.